The maximum Gasteiger partial charge on any atom is 0.231 e. The van der Waals surface area contributed by atoms with Crippen molar-refractivity contribution in [2.75, 3.05) is 0 Å². The molecule has 5 rings (SSSR count). The van der Waals surface area contributed by atoms with E-state index in [1.54, 1.807) is 0 Å². The van der Waals surface area contributed by atoms with Crippen LogP contribution in [0.1, 0.15) is 35.1 Å². The molecule has 0 radical (unpaired) electrons. The first-order valence-electron chi connectivity index (χ1n) is 11.4. The van der Waals surface area contributed by atoms with Crippen molar-refractivity contribution < 1.29 is 19.2 Å². The smallest absolute Gasteiger partial charge is 0.222 e. The largest absolute Gasteiger partial charge is 0.231 e. The molecular formula is C31H28N4O4. The Bertz CT molecular complexity index is 1330. The lowest BCUT2D eigenvalue weighted by Gasteiger charge is -2.11. The number of allylic oxidation sites excluding steroid dienone is 1. The molecule has 4 N–H and O–H groups in total. The molecule has 8 heteroatoms. The summed E-state index contributed by atoms with van der Waals surface area (Å²) < 4.78 is 0. The van der Waals surface area contributed by atoms with Gasteiger partial charge in [0.25, 0.3) is 0 Å². The Morgan fingerprint density at radius 3 is 1.44 bits per heavy atom. The van der Waals surface area contributed by atoms with Crippen LogP contribution in [-0.2, 0) is 25.6 Å². The van der Waals surface area contributed by atoms with Crippen molar-refractivity contribution in [2.24, 2.45) is 0 Å². The summed E-state index contributed by atoms with van der Waals surface area (Å²) in [4.78, 5) is 33.4. The van der Waals surface area contributed by atoms with Gasteiger partial charge in [-0.3, -0.25) is 0 Å². The van der Waals surface area contributed by atoms with Crippen LogP contribution in [0.25, 0.3) is 16.8 Å². The van der Waals surface area contributed by atoms with Crippen LogP contribution in [-0.4, -0.2) is 24.3 Å². The van der Waals surface area contributed by atoms with Gasteiger partial charge >= 0.3 is 0 Å². The minimum Gasteiger partial charge on any atom is -0.222 e. The monoisotopic (exact) mass is 520 g/mol. The Morgan fingerprint density at radius 1 is 0.590 bits per heavy atom. The number of carbonyl (C=O) groups excluding carboxylic acids is 4. The highest BCUT2D eigenvalue weighted by atomic mass is 16.1. The summed E-state index contributed by atoms with van der Waals surface area (Å²) in [5, 5.41) is 24.4. The van der Waals surface area contributed by atoms with Gasteiger partial charge in [-0.2, -0.15) is 0 Å². The van der Waals surface area contributed by atoms with Crippen LogP contribution in [0.4, 0.5) is 0 Å². The maximum absolute atomic E-state index is 8.35. The van der Waals surface area contributed by atoms with E-state index in [0.717, 1.165) is 30.7 Å². The summed E-state index contributed by atoms with van der Waals surface area (Å²) in [5.41, 5.74) is 5.56. The van der Waals surface area contributed by atoms with Crippen molar-refractivity contribution in [3.63, 3.8) is 0 Å². The highest BCUT2D eigenvalue weighted by Crippen LogP contribution is 2.27. The zero-order chi connectivity index (χ0) is 29.3. The van der Waals surface area contributed by atoms with E-state index in [-0.39, 0.29) is 0 Å². The second-order valence-electron chi connectivity index (χ2n) is 7.42. The first kappa shape index (κ1) is 33.4. The Kier molecular flexibility index (Phi) is 18.6. The molecule has 0 aliphatic heterocycles. The lowest BCUT2D eigenvalue weighted by molar-refractivity contribution is 0.562. The molecule has 196 valence electrons. The second kappa shape index (κ2) is 21.7. The van der Waals surface area contributed by atoms with E-state index < -0.39 is 0 Å². The predicted molar refractivity (Wildman–Crippen MR) is 151 cm³/mol. The highest BCUT2D eigenvalue weighted by Gasteiger charge is 2.07. The molecule has 0 heterocycles. The zero-order valence-corrected chi connectivity index (χ0v) is 21.3. The van der Waals surface area contributed by atoms with Crippen LogP contribution in [0.5, 0.6) is 0 Å². The van der Waals surface area contributed by atoms with Gasteiger partial charge in [0, 0.05) is 5.92 Å². The van der Waals surface area contributed by atoms with E-state index in [0.29, 0.717) is 5.92 Å². The Balaban J connectivity index is 0.000000532. The highest BCUT2D eigenvalue weighted by molar-refractivity contribution is 5.94. The van der Waals surface area contributed by atoms with Gasteiger partial charge in [0.15, 0.2) is 0 Å². The van der Waals surface area contributed by atoms with Crippen LogP contribution in [0, 0.1) is 21.6 Å². The Hall–Kier alpha value is -5.60. The predicted octanol–water partition coefficient (Wildman–Crippen LogP) is 6.85. The quantitative estimate of drug-likeness (QED) is 0.168. The number of benzene rings is 4. The molecule has 39 heavy (non-hydrogen) atoms. The molecule has 4 aromatic rings. The molecule has 8 nitrogen and oxygen atoms in total. The average Bonchev–Trinajstić information content (AvgIpc) is 2.96. The van der Waals surface area contributed by atoms with E-state index in [9.17, 15) is 0 Å². The number of nitrogens with one attached hydrogen (secondary N) is 4. The molecule has 0 saturated heterocycles. The number of isocyanates is 4. The minimum absolute atomic E-state index is 0.484. The molecule has 0 atom stereocenters. The van der Waals surface area contributed by atoms with Crippen molar-refractivity contribution in [2.45, 2.75) is 19.3 Å². The summed E-state index contributed by atoms with van der Waals surface area (Å²) in [6, 6.07) is 34.2. The molecule has 0 aromatic heterocycles. The molecule has 0 saturated carbocycles. The Morgan fingerprint density at radius 2 is 1.00 bits per heavy atom. The molecule has 0 unspecified atom stereocenters. The van der Waals surface area contributed by atoms with Gasteiger partial charge in [-0.05, 0) is 39.4 Å². The second-order valence-corrected chi connectivity index (χ2v) is 7.42. The zero-order valence-electron chi connectivity index (χ0n) is 21.3. The number of rotatable bonds is 2. The standard InChI is InChI=1S/C14H14.C13H10.4CHNO/c1-12(13-8-4-2-5-9-13)14-10-6-3-7-11-14;1-4-10-6-2-8-12-9-3-7-11(5-1)13(10)12;4*2-1-3/h2-12H,1H3;1-8H,9H2;4*2H. The van der Waals surface area contributed by atoms with E-state index in [1.165, 1.54) is 33.0 Å². The van der Waals surface area contributed by atoms with Crippen molar-refractivity contribution in [1.82, 2.24) is 0 Å². The summed E-state index contributed by atoms with van der Waals surface area (Å²) >= 11 is 0. The fraction of sp³-hybridized carbons (Fsp3) is 0.0968. The van der Waals surface area contributed by atoms with Gasteiger partial charge in [0.05, 0.1) is 0 Å². The fourth-order valence-corrected chi connectivity index (χ4v) is 3.75. The third-order valence-electron chi connectivity index (χ3n) is 5.26. The normalized spacial score (nSPS) is 9.08. The first-order chi connectivity index (χ1) is 19.0. The van der Waals surface area contributed by atoms with Gasteiger partial charge in [0.2, 0.25) is 24.3 Å². The van der Waals surface area contributed by atoms with Gasteiger partial charge in [-0.25, -0.2) is 40.8 Å². The summed E-state index contributed by atoms with van der Waals surface area (Å²) in [6.07, 6.45) is 8.53. The Labute approximate surface area is 226 Å². The van der Waals surface area contributed by atoms with Crippen LogP contribution >= 0.6 is 0 Å². The molecule has 0 bridgehead atoms. The fourth-order valence-electron chi connectivity index (χ4n) is 3.75. The van der Waals surface area contributed by atoms with Crippen molar-refractivity contribution >= 4 is 41.2 Å². The van der Waals surface area contributed by atoms with E-state index in [1.807, 2.05) is 0 Å². The van der Waals surface area contributed by atoms with E-state index >= 15 is 0 Å². The molecule has 4 aromatic carbocycles. The number of hydrogen-bond acceptors (Lipinski definition) is 8. The average molecular weight is 521 g/mol. The first-order valence-corrected chi connectivity index (χ1v) is 11.4. The van der Waals surface area contributed by atoms with Crippen LogP contribution in [0.15, 0.2) is 103 Å². The van der Waals surface area contributed by atoms with E-state index in [4.69, 9.17) is 40.8 Å². The van der Waals surface area contributed by atoms with Crippen LogP contribution in [0.2, 0.25) is 0 Å². The number of hydrogen-bond donors (Lipinski definition) is 4. The topological polar surface area (TPSA) is 164 Å². The third kappa shape index (κ3) is 12.8. The molecule has 0 amide bonds. The SMILES string of the molecule is C1=Cc2cccc3cccc(c23)C1.CC(c1ccccc1)c1ccccc1.N=C=O.N=C=O.N=C=O.N=C=O. The lowest BCUT2D eigenvalue weighted by Crippen LogP contribution is -1.94. The lowest BCUT2D eigenvalue weighted by atomic mass is 9.93. The molecule has 1 aliphatic carbocycles. The summed E-state index contributed by atoms with van der Waals surface area (Å²) in [5.74, 6) is 0.484. The van der Waals surface area contributed by atoms with E-state index in [2.05, 4.69) is 116 Å². The van der Waals surface area contributed by atoms with Crippen molar-refractivity contribution in [3.05, 3.63) is 125 Å². The van der Waals surface area contributed by atoms with Crippen LogP contribution in [0.3, 0.4) is 0 Å². The van der Waals surface area contributed by atoms with Gasteiger partial charge in [-0.15, -0.1) is 0 Å². The maximum atomic E-state index is 8.35. The third-order valence-corrected chi connectivity index (χ3v) is 5.26. The minimum atomic E-state index is 0.484. The van der Waals surface area contributed by atoms with Gasteiger partial charge in [0.1, 0.15) is 0 Å². The van der Waals surface area contributed by atoms with Gasteiger partial charge in [-0.1, -0.05) is 116 Å². The molecular weight excluding hydrogens is 492 g/mol. The van der Waals surface area contributed by atoms with Crippen molar-refractivity contribution in [1.29, 1.82) is 21.6 Å². The van der Waals surface area contributed by atoms with Crippen LogP contribution < -0.4 is 0 Å². The molecule has 1 aliphatic rings. The molecule has 0 fully saturated rings. The summed E-state index contributed by atoms with van der Waals surface area (Å²) in [6.45, 7) is 2.24. The van der Waals surface area contributed by atoms with Crippen molar-refractivity contribution in [3.8, 4) is 0 Å². The molecule has 0 spiro atoms. The van der Waals surface area contributed by atoms with Gasteiger partial charge < -0.3 is 0 Å². The summed E-state index contributed by atoms with van der Waals surface area (Å²) in [7, 11) is 0.